The molecule has 0 bridgehead atoms. The Labute approximate surface area is 155 Å². The first kappa shape index (κ1) is 18.3. The number of carbonyl (C=O) groups is 1. The molecule has 1 aromatic carbocycles. The summed E-state index contributed by atoms with van der Waals surface area (Å²) in [5.41, 5.74) is 2.72. The van der Waals surface area contributed by atoms with Gasteiger partial charge in [0.25, 0.3) is 5.91 Å². The highest BCUT2D eigenvalue weighted by molar-refractivity contribution is 5.94. The highest BCUT2D eigenvalue weighted by atomic mass is 16.5. The average Bonchev–Trinajstić information content (AvgIpc) is 3.00. The number of H-pyrrole nitrogens is 1. The molecule has 0 radical (unpaired) electrons. The molecular weight excluding hydrogens is 348 g/mol. The maximum atomic E-state index is 12.3. The van der Waals surface area contributed by atoms with Gasteiger partial charge < -0.3 is 10.1 Å². The number of hydrogen-bond acceptors (Lipinski definition) is 6. The van der Waals surface area contributed by atoms with Crippen molar-refractivity contribution in [2.45, 2.75) is 13.3 Å². The number of hydrogen-bond donors (Lipinski definition) is 2. The second kappa shape index (κ2) is 7.81. The summed E-state index contributed by atoms with van der Waals surface area (Å²) in [5, 5.41) is 9.09. The Bertz CT molecular complexity index is 1010. The highest BCUT2D eigenvalue weighted by Gasteiger charge is 2.13. The summed E-state index contributed by atoms with van der Waals surface area (Å²) in [6.45, 7) is 2.25. The van der Waals surface area contributed by atoms with Crippen LogP contribution in [0.15, 0.2) is 35.4 Å². The summed E-state index contributed by atoms with van der Waals surface area (Å²) in [4.78, 5) is 31.9. The van der Waals surface area contributed by atoms with Crippen LogP contribution >= 0.6 is 0 Å². The Morgan fingerprint density at radius 2 is 2.00 bits per heavy atom. The van der Waals surface area contributed by atoms with Crippen LogP contribution in [0.25, 0.3) is 11.1 Å². The highest BCUT2D eigenvalue weighted by Crippen LogP contribution is 2.29. The van der Waals surface area contributed by atoms with Crippen molar-refractivity contribution in [1.29, 1.82) is 0 Å². The van der Waals surface area contributed by atoms with Gasteiger partial charge in [0.2, 0.25) is 5.88 Å². The quantitative estimate of drug-likeness (QED) is 0.667. The fourth-order valence-electron chi connectivity index (χ4n) is 2.72. The van der Waals surface area contributed by atoms with Crippen LogP contribution in [0.4, 0.5) is 0 Å². The number of aromatic nitrogens is 5. The zero-order chi connectivity index (χ0) is 19.4. The van der Waals surface area contributed by atoms with Crippen molar-refractivity contribution < 1.29 is 9.53 Å². The summed E-state index contributed by atoms with van der Waals surface area (Å²) >= 11 is 0. The standard InChI is InChI=1S/C18H20N6O3/c1-11-15(17(27-3)21-10-20-11)12-4-6-13(7-5-12)16(25)19-9-8-14-22-23-18(26)24(14)2/h4-7,10H,8-9H2,1-3H3,(H,19,25)(H,23,26). The van der Waals surface area contributed by atoms with Gasteiger partial charge in [-0.25, -0.2) is 19.9 Å². The topological polar surface area (TPSA) is 115 Å². The van der Waals surface area contributed by atoms with Gasteiger partial charge >= 0.3 is 5.69 Å². The second-order valence-electron chi connectivity index (χ2n) is 5.93. The molecule has 0 aliphatic heterocycles. The maximum absolute atomic E-state index is 12.3. The molecule has 0 aliphatic rings. The first-order valence-corrected chi connectivity index (χ1v) is 8.35. The lowest BCUT2D eigenvalue weighted by Gasteiger charge is -2.10. The van der Waals surface area contributed by atoms with Crippen LogP contribution in [0.3, 0.4) is 0 Å². The van der Waals surface area contributed by atoms with E-state index in [4.69, 9.17) is 4.74 Å². The molecule has 0 aliphatic carbocycles. The molecule has 2 aromatic heterocycles. The molecule has 9 heteroatoms. The van der Waals surface area contributed by atoms with Crippen molar-refractivity contribution in [3.05, 3.63) is 58.2 Å². The average molecular weight is 368 g/mol. The zero-order valence-corrected chi connectivity index (χ0v) is 15.3. The van der Waals surface area contributed by atoms with Gasteiger partial charge in [-0.2, -0.15) is 5.10 Å². The Kier molecular flexibility index (Phi) is 5.30. The third kappa shape index (κ3) is 3.86. The molecule has 140 valence electrons. The molecule has 0 saturated carbocycles. The summed E-state index contributed by atoms with van der Waals surface area (Å²) in [7, 11) is 3.19. The SMILES string of the molecule is COc1ncnc(C)c1-c1ccc(C(=O)NCCc2n[nH]c(=O)n2C)cc1. The molecule has 9 nitrogen and oxygen atoms in total. The largest absolute Gasteiger partial charge is 0.480 e. The lowest BCUT2D eigenvalue weighted by molar-refractivity contribution is 0.0954. The fourth-order valence-corrected chi connectivity index (χ4v) is 2.72. The van der Waals surface area contributed by atoms with Gasteiger partial charge in [-0.15, -0.1) is 0 Å². The molecule has 0 saturated heterocycles. The summed E-state index contributed by atoms with van der Waals surface area (Å²) in [6, 6.07) is 7.14. The van der Waals surface area contributed by atoms with E-state index >= 15 is 0 Å². The van der Waals surface area contributed by atoms with Crippen LogP contribution in [0.1, 0.15) is 21.9 Å². The minimum Gasteiger partial charge on any atom is -0.480 e. The van der Waals surface area contributed by atoms with Crippen LogP contribution in [-0.2, 0) is 13.5 Å². The lowest BCUT2D eigenvalue weighted by Crippen LogP contribution is -2.26. The minimum absolute atomic E-state index is 0.199. The smallest absolute Gasteiger partial charge is 0.343 e. The number of nitrogens with one attached hydrogen (secondary N) is 2. The minimum atomic E-state index is -0.275. The Hall–Kier alpha value is -3.49. The monoisotopic (exact) mass is 368 g/mol. The number of aromatic amines is 1. The predicted octanol–water partition coefficient (Wildman–Crippen LogP) is 0.855. The molecule has 2 heterocycles. The van der Waals surface area contributed by atoms with Crippen LogP contribution < -0.4 is 15.7 Å². The van der Waals surface area contributed by atoms with Crippen molar-refractivity contribution in [2.24, 2.45) is 7.05 Å². The Balaban J connectivity index is 1.67. The van der Waals surface area contributed by atoms with Gasteiger partial charge in [-0.1, -0.05) is 12.1 Å². The van der Waals surface area contributed by atoms with E-state index < -0.39 is 0 Å². The number of methoxy groups -OCH3 is 1. The molecule has 3 aromatic rings. The number of ether oxygens (including phenoxy) is 1. The molecule has 2 N–H and O–H groups in total. The van der Waals surface area contributed by atoms with E-state index in [0.717, 1.165) is 16.8 Å². The van der Waals surface area contributed by atoms with E-state index in [2.05, 4.69) is 25.5 Å². The first-order valence-electron chi connectivity index (χ1n) is 8.35. The number of amides is 1. The van der Waals surface area contributed by atoms with Gasteiger partial charge in [0, 0.05) is 25.6 Å². The van der Waals surface area contributed by atoms with E-state index in [0.29, 0.717) is 30.2 Å². The number of rotatable bonds is 6. The summed E-state index contributed by atoms with van der Waals surface area (Å²) in [5.74, 6) is 0.877. The fraction of sp³-hybridized carbons (Fsp3) is 0.278. The summed E-state index contributed by atoms with van der Waals surface area (Å²) in [6.07, 6.45) is 1.91. The van der Waals surface area contributed by atoms with E-state index in [1.54, 1.807) is 26.3 Å². The molecule has 0 spiro atoms. The third-order valence-corrected chi connectivity index (χ3v) is 4.24. The molecule has 0 atom stereocenters. The van der Waals surface area contributed by atoms with Crippen LogP contribution in [0.2, 0.25) is 0 Å². The predicted molar refractivity (Wildman–Crippen MR) is 98.6 cm³/mol. The van der Waals surface area contributed by atoms with Gasteiger partial charge in [-0.05, 0) is 24.6 Å². The van der Waals surface area contributed by atoms with E-state index in [-0.39, 0.29) is 11.6 Å². The van der Waals surface area contributed by atoms with Crippen molar-refractivity contribution in [3.63, 3.8) is 0 Å². The summed E-state index contributed by atoms with van der Waals surface area (Å²) < 4.78 is 6.72. The first-order chi connectivity index (χ1) is 13.0. The molecule has 27 heavy (non-hydrogen) atoms. The zero-order valence-electron chi connectivity index (χ0n) is 15.3. The number of nitrogens with zero attached hydrogens (tertiary/aromatic N) is 4. The van der Waals surface area contributed by atoms with Crippen molar-refractivity contribution in [3.8, 4) is 17.0 Å². The van der Waals surface area contributed by atoms with Crippen molar-refractivity contribution in [1.82, 2.24) is 30.0 Å². The molecule has 3 rings (SSSR count). The van der Waals surface area contributed by atoms with Gasteiger partial charge in [0.05, 0.1) is 18.4 Å². The Morgan fingerprint density at radius 1 is 1.26 bits per heavy atom. The van der Waals surface area contributed by atoms with Gasteiger partial charge in [0.1, 0.15) is 12.2 Å². The molecular formula is C18H20N6O3. The van der Waals surface area contributed by atoms with E-state index in [1.807, 2.05) is 19.1 Å². The van der Waals surface area contributed by atoms with Crippen molar-refractivity contribution >= 4 is 5.91 Å². The third-order valence-electron chi connectivity index (χ3n) is 4.24. The molecule has 0 fully saturated rings. The van der Waals surface area contributed by atoms with Crippen LogP contribution in [0.5, 0.6) is 5.88 Å². The van der Waals surface area contributed by atoms with Gasteiger partial charge in [0.15, 0.2) is 0 Å². The number of benzene rings is 1. The lowest BCUT2D eigenvalue weighted by atomic mass is 10.0. The van der Waals surface area contributed by atoms with E-state index in [1.165, 1.54) is 10.9 Å². The normalized spacial score (nSPS) is 10.6. The van der Waals surface area contributed by atoms with Crippen LogP contribution in [-0.4, -0.2) is 44.3 Å². The second-order valence-corrected chi connectivity index (χ2v) is 5.93. The van der Waals surface area contributed by atoms with Crippen LogP contribution in [0, 0.1) is 6.92 Å². The van der Waals surface area contributed by atoms with Crippen molar-refractivity contribution in [2.75, 3.05) is 13.7 Å². The van der Waals surface area contributed by atoms with E-state index in [9.17, 15) is 9.59 Å². The van der Waals surface area contributed by atoms with Gasteiger partial charge in [-0.3, -0.25) is 9.36 Å². The number of aryl methyl sites for hydroxylation is 1. The number of carbonyl (C=O) groups excluding carboxylic acids is 1. The molecule has 0 unspecified atom stereocenters. The molecule has 1 amide bonds. The maximum Gasteiger partial charge on any atom is 0.343 e. The Morgan fingerprint density at radius 3 is 2.63 bits per heavy atom.